The number of hydrogen-bond donors (Lipinski definition) is 2. The monoisotopic (exact) mass is 616 g/mol. The van der Waals surface area contributed by atoms with E-state index in [4.69, 9.17) is 21.6 Å². The number of hydrogen-bond acceptors (Lipinski definition) is 7. The van der Waals surface area contributed by atoms with E-state index in [1.165, 1.54) is 12.5 Å². The Hall–Kier alpha value is -3.76. The molecule has 0 radical (unpaired) electrons. The molecule has 3 atom stereocenters. The largest absolute Gasteiger partial charge is 0.351 e. The molecule has 9 nitrogen and oxygen atoms in total. The summed E-state index contributed by atoms with van der Waals surface area (Å²) >= 11 is 6.93. The van der Waals surface area contributed by atoms with Crippen LogP contribution >= 0.6 is 11.6 Å². The van der Waals surface area contributed by atoms with Crippen molar-refractivity contribution in [2.45, 2.75) is 58.2 Å². The summed E-state index contributed by atoms with van der Waals surface area (Å²) in [6.45, 7) is 13.6. The molecule has 2 saturated heterocycles. The van der Waals surface area contributed by atoms with Crippen molar-refractivity contribution < 1.29 is 9.18 Å². The third-order valence-corrected chi connectivity index (χ3v) is 10.0. The van der Waals surface area contributed by atoms with Gasteiger partial charge in [0.2, 0.25) is 11.9 Å². The number of aromatic nitrogens is 4. The number of likely N-dealkylation sites (tertiary alicyclic amines) is 1. The number of nitrogens with zero attached hydrogens (tertiary/aromatic N) is 6. The molecular formula is C33H38ClFN8O. The van der Waals surface area contributed by atoms with E-state index in [1.54, 1.807) is 17.2 Å². The first-order valence-corrected chi connectivity index (χ1v) is 15.9. The van der Waals surface area contributed by atoms with Crippen molar-refractivity contribution in [1.82, 2.24) is 30.0 Å². The van der Waals surface area contributed by atoms with E-state index in [9.17, 15) is 4.79 Å². The fourth-order valence-electron chi connectivity index (χ4n) is 7.12. The molecule has 7 rings (SSSR count). The van der Waals surface area contributed by atoms with Crippen LogP contribution in [0.5, 0.6) is 0 Å². The zero-order valence-electron chi connectivity index (χ0n) is 25.4. The molecule has 44 heavy (non-hydrogen) atoms. The van der Waals surface area contributed by atoms with E-state index in [0.717, 1.165) is 48.3 Å². The van der Waals surface area contributed by atoms with Crippen molar-refractivity contribution in [2.24, 2.45) is 5.92 Å². The number of anilines is 2. The van der Waals surface area contributed by atoms with Crippen LogP contribution < -0.4 is 10.2 Å². The molecule has 1 unspecified atom stereocenters. The lowest BCUT2D eigenvalue weighted by molar-refractivity contribution is -0.126. The molecule has 2 N–H and O–H groups in total. The second-order valence-corrected chi connectivity index (χ2v) is 13.1. The number of aryl methyl sites for hydroxylation is 1. The predicted octanol–water partition coefficient (Wildman–Crippen LogP) is 5.78. The Bertz CT molecular complexity index is 1770. The number of nitrogens with one attached hydrogen (secondary N) is 2. The second kappa shape index (κ2) is 11.3. The fourth-order valence-corrected chi connectivity index (χ4v) is 7.41. The molecular weight excluding hydrogens is 579 g/mol. The lowest BCUT2D eigenvalue weighted by atomic mass is 9.95. The van der Waals surface area contributed by atoms with Gasteiger partial charge in [0.25, 0.3) is 0 Å². The topological polar surface area (TPSA) is 93.3 Å². The minimum absolute atomic E-state index is 0.0641. The van der Waals surface area contributed by atoms with E-state index < -0.39 is 5.82 Å². The minimum Gasteiger partial charge on any atom is -0.351 e. The Morgan fingerprint density at radius 1 is 1.14 bits per heavy atom. The van der Waals surface area contributed by atoms with Crippen LogP contribution in [0, 0.1) is 18.7 Å². The van der Waals surface area contributed by atoms with Crippen molar-refractivity contribution in [3.63, 3.8) is 0 Å². The highest BCUT2D eigenvalue weighted by atomic mass is 35.5. The molecule has 4 heterocycles. The average molecular weight is 617 g/mol. The maximum Gasteiger partial charge on any atom is 0.246 e. The zero-order chi connectivity index (χ0) is 30.7. The maximum absolute atomic E-state index is 16.9. The molecule has 2 aromatic heterocycles. The standard InChI is InChI=1S/C33H38ClFN8O/c1-5-27(44)42-12-13-43(20(4)17-42)32-22-15-24(34)29(28-18(2)6-7-25-23(28)16-36-40-25)30(35)31(22)38-33(39-32)37-21-8-10-41(11-9-21)26-14-19(26)3/h5-7,15-16,19-21,26H,1,8-14,17H2,2-4H3,(H,36,40)(H,37,38,39)/t19-,20+,26?/m1/s1. The van der Waals surface area contributed by atoms with Crippen LogP contribution in [0.3, 0.4) is 0 Å². The van der Waals surface area contributed by atoms with Gasteiger partial charge < -0.3 is 15.1 Å². The maximum atomic E-state index is 16.9. The number of benzene rings is 2. The number of fused-ring (bicyclic) bond motifs is 2. The van der Waals surface area contributed by atoms with Crippen LogP contribution in [0.25, 0.3) is 32.9 Å². The zero-order valence-corrected chi connectivity index (χ0v) is 26.2. The SMILES string of the molecule is C=CC(=O)N1CCN(c2nc(NC3CCN(C4C[C@H]4C)CC3)nc3c(F)c(-c4c(C)ccc5[nH]ncc45)c(Cl)cc23)[C@@H](C)C1. The summed E-state index contributed by atoms with van der Waals surface area (Å²) in [5, 5.41) is 12.4. The molecule has 1 saturated carbocycles. The first-order valence-electron chi connectivity index (χ1n) is 15.5. The van der Waals surface area contributed by atoms with E-state index in [2.05, 4.69) is 38.8 Å². The van der Waals surface area contributed by atoms with Gasteiger partial charge in [0.1, 0.15) is 11.3 Å². The summed E-state index contributed by atoms with van der Waals surface area (Å²) in [6.07, 6.45) is 6.30. The van der Waals surface area contributed by atoms with E-state index in [0.29, 0.717) is 54.0 Å². The number of halogens is 2. The molecule has 1 amide bonds. The highest BCUT2D eigenvalue weighted by Gasteiger charge is 2.39. The molecule has 0 spiro atoms. The molecule has 230 valence electrons. The minimum atomic E-state index is -0.485. The Balaban J connectivity index is 1.31. The van der Waals surface area contributed by atoms with E-state index >= 15 is 4.39 Å². The van der Waals surface area contributed by atoms with Crippen molar-refractivity contribution >= 4 is 51.1 Å². The van der Waals surface area contributed by atoms with Crippen molar-refractivity contribution in [3.8, 4) is 11.1 Å². The van der Waals surface area contributed by atoms with Crippen molar-refractivity contribution in [3.05, 3.63) is 53.5 Å². The predicted molar refractivity (Wildman–Crippen MR) is 174 cm³/mol. The normalized spacial score (nSPS) is 23.0. The fraction of sp³-hybridized carbons (Fsp3) is 0.455. The van der Waals surface area contributed by atoms with Gasteiger partial charge in [-0.3, -0.25) is 14.8 Å². The molecule has 2 aliphatic heterocycles. The summed E-state index contributed by atoms with van der Waals surface area (Å²) in [5.41, 5.74) is 2.92. The summed E-state index contributed by atoms with van der Waals surface area (Å²) in [4.78, 5) is 28.7. The van der Waals surface area contributed by atoms with Crippen LogP contribution in [0.2, 0.25) is 5.02 Å². The van der Waals surface area contributed by atoms with Gasteiger partial charge in [0, 0.05) is 72.7 Å². The number of carbonyl (C=O) groups is 1. The van der Waals surface area contributed by atoms with Crippen molar-refractivity contribution in [2.75, 3.05) is 42.9 Å². The summed E-state index contributed by atoms with van der Waals surface area (Å²) in [7, 11) is 0. The highest BCUT2D eigenvalue weighted by Crippen LogP contribution is 2.43. The van der Waals surface area contributed by atoms with Crippen molar-refractivity contribution in [1.29, 1.82) is 0 Å². The number of piperazine rings is 1. The van der Waals surface area contributed by atoms with Gasteiger partial charge in [0.15, 0.2) is 5.82 Å². The molecule has 4 aromatic rings. The third-order valence-electron chi connectivity index (χ3n) is 9.73. The Labute approximate surface area is 261 Å². The second-order valence-electron chi connectivity index (χ2n) is 12.7. The van der Waals surface area contributed by atoms with Gasteiger partial charge >= 0.3 is 0 Å². The molecule has 11 heteroatoms. The third kappa shape index (κ3) is 5.07. The number of piperidine rings is 1. The summed E-state index contributed by atoms with van der Waals surface area (Å²) in [5.74, 6) is 1.23. The Morgan fingerprint density at radius 3 is 2.61 bits per heavy atom. The number of carbonyl (C=O) groups excluding carboxylic acids is 1. The lowest BCUT2D eigenvalue weighted by Crippen LogP contribution is -2.53. The average Bonchev–Trinajstić information content (AvgIpc) is 3.55. The van der Waals surface area contributed by atoms with Crippen LogP contribution in [0.15, 0.2) is 37.1 Å². The molecule has 1 aliphatic carbocycles. The van der Waals surface area contributed by atoms with Gasteiger partial charge in [0.05, 0.1) is 16.7 Å². The van der Waals surface area contributed by atoms with Gasteiger partial charge in [-0.05, 0) is 62.8 Å². The quantitative estimate of drug-likeness (QED) is 0.265. The first-order chi connectivity index (χ1) is 21.2. The van der Waals surface area contributed by atoms with Gasteiger partial charge in [-0.2, -0.15) is 10.1 Å². The van der Waals surface area contributed by atoms with Crippen LogP contribution in [-0.4, -0.2) is 86.7 Å². The molecule has 3 fully saturated rings. The van der Waals surface area contributed by atoms with Crippen LogP contribution in [-0.2, 0) is 4.79 Å². The molecule has 2 aromatic carbocycles. The number of amides is 1. The van der Waals surface area contributed by atoms with Gasteiger partial charge in [-0.25, -0.2) is 9.37 Å². The van der Waals surface area contributed by atoms with Gasteiger partial charge in [-0.1, -0.05) is 31.2 Å². The number of rotatable bonds is 6. The summed E-state index contributed by atoms with van der Waals surface area (Å²) in [6, 6.07) is 6.51. The molecule has 0 bridgehead atoms. The highest BCUT2D eigenvalue weighted by molar-refractivity contribution is 6.35. The van der Waals surface area contributed by atoms with E-state index in [-0.39, 0.29) is 28.5 Å². The van der Waals surface area contributed by atoms with Gasteiger partial charge in [-0.15, -0.1) is 0 Å². The summed E-state index contributed by atoms with van der Waals surface area (Å²) < 4.78 is 16.9. The lowest BCUT2D eigenvalue weighted by Gasteiger charge is -2.40. The Kier molecular flexibility index (Phi) is 7.45. The van der Waals surface area contributed by atoms with E-state index in [1.807, 2.05) is 26.0 Å². The van der Waals surface area contributed by atoms with Crippen LogP contribution in [0.1, 0.15) is 38.7 Å². The number of aromatic amines is 1. The molecule has 3 aliphatic rings. The Morgan fingerprint density at radius 2 is 1.91 bits per heavy atom. The van der Waals surface area contributed by atoms with Crippen LogP contribution in [0.4, 0.5) is 16.2 Å². The first kappa shape index (κ1) is 29.0. The smallest absolute Gasteiger partial charge is 0.246 e. The number of H-pyrrole nitrogens is 1.